The topological polar surface area (TPSA) is 67.9 Å². The van der Waals surface area contributed by atoms with Crippen LogP contribution in [-0.2, 0) is 4.74 Å². The number of halogens is 1. The molecule has 19 heavy (non-hydrogen) atoms. The summed E-state index contributed by atoms with van der Waals surface area (Å²) in [5.41, 5.74) is 0.362. The lowest BCUT2D eigenvalue weighted by Gasteiger charge is -2.19. The third-order valence-electron chi connectivity index (χ3n) is 2.35. The highest BCUT2D eigenvalue weighted by atomic mass is 127. The van der Waals surface area contributed by atoms with Crippen molar-refractivity contribution in [2.24, 2.45) is 0 Å². The van der Waals surface area contributed by atoms with Crippen LogP contribution in [0.1, 0.15) is 26.3 Å². The number of ether oxygens (including phenoxy) is 1. The summed E-state index contributed by atoms with van der Waals surface area (Å²) >= 11 is 2.08. The largest absolute Gasteiger partial charge is 0.443 e. The Morgan fingerprint density at radius 2 is 2.21 bits per heavy atom. The fraction of sp³-hybridized carbons (Fsp3) is 0.308. The van der Waals surface area contributed by atoms with E-state index in [2.05, 4.69) is 33.6 Å². The number of carbonyl (C=O) groups excluding carboxylic acids is 1. The van der Waals surface area contributed by atoms with E-state index in [1.807, 2.05) is 0 Å². The number of rotatable bonds is 0. The highest BCUT2D eigenvalue weighted by molar-refractivity contribution is 14.1. The molecule has 0 amide bonds. The zero-order valence-corrected chi connectivity index (χ0v) is 12.9. The number of nitrogens with zero attached hydrogens (tertiary/aromatic N) is 3. The van der Waals surface area contributed by atoms with Crippen LogP contribution in [0.5, 0.6) is 0 Å². The van der Waals surface area contributed by atoms with Gasteiger partial charge in [-0.2, -0.15) is 5.26 Å². The van der Waals surface area contributed by atoms with Gasteiger partial charge >= 0.3 is 6.09 Å². The third kappa shape index (κ3) is 2.71. The first kappa shape index (κ1) is 13.8. The summed E-state index contributed by atoms with van der Waals surface area (Å²) in [6.45, 7) is 5.40. The second-order valence-corrected chi connectivity index (χ2v) is 6.16. The van der Waals surface area contributed by atoms with Gasteiger partial charge < -0.3 is 4.74 Å². The van der Waals surface area contributed by atoms with Crippen molar-refractivity contribution in [3.05, 3.63) is 27.6 Å². The highest BCUT2D eigenvalue weighted by Gasteiger charge is 2.21. The van der Waals surface area contributed by atoms with Crippen molar-refractivity contribution < 1.29 is 9.53 Å². The Balaban J connectivity index is 2.58. The second kappa shape index (κ2) is 4.81. The third-order valence-corrected chi connectivity index (χ3v) is 3.17. The Hall–Kier alpha value is -1.62. The molecule has 0 unspecified atom stereocenters. The minimum absolute atomic E-state index is 0.442. The predicted octanol–water partition coefficient (Wildman–Crippen LogP) is 3.30. The quantitative estimate of drug-likeness (QED) is 0.669. The molecule has 0 saturated heterocycles. The fourth-order valence-corrected chi connectivity index (χ4v) is 2.46. The second-order valence-electron chi connectivity index (χ2n) is 5.00. The van der Waals surface area contributed by atoms with E-state index in [0.717, 1.165) is 3.57 Å². The lowest BCUT2D eigenvalue weighted by atomic mass is 10.2. The summed E-state index contributed by atoms with van der Waals surface area (Å²) in [5, 5.41) is 9.77. The molecule has 0 saturated carbocycles. The molecule has 0 N–H and O–H groups in total. The van der Waals surface area contributed by atoms with E-state index < -0.39 is 11.7 Å². The Morgan fingerprint density at radius 3 is 2.79 bits per heavy atom. The van der Waals surface area contributed by atoms with Crippen LogP contribution in [0.3, 0.4) is 0 Å². The molecule has 2 aromatic rings. The van der Waals surface area contributed by atoms with E-state index in [-0.39, 0.29) is 0 Å². The van der Waals surface area contributed by atoms with Gasteiger partial charge in [0.2, 0.25) is 0 Å². The van der Waals surface area contributed by atoms with Gasteiger partial charge in [-0.15, -0.1) is 0 Å². The van der Waals surface area contributed by atoms with Gasteiger partial charge in [0, 0.05) is 16.0 Å². The first-order valence-corrected chi connectivity index (χ1v) is 6.70. The summed E-state index contributed by atoms with van der Waals surface area (Å²) in [6.07, 6.45) is 2.65. The Labute approximate surface area is 124 Å². The molecule has 2 heterocycles. The number of hydrogen-bond acceptors (Lipinski definition) is 4. The van der Waals surface area contributed by atoms with Crippen molar-refractivity contribution in [2.45, 2.75) is 26.4 Å². The number of pyridine rings is 1. The van der Waals surface area contributed by atoms with Gasteiger partial charge in [0.1, 0.15) is 5.60 Å². The van der Waals surface area contributed by atoms with Crippen molar-refractivity contribution in [1.82, 2.24) is 9.55 Å². The fourth-order valence-electron chi connectivity index (χ4n) is 1.65. The molecule has 0 atom stereocenters. The maximum atomic E-state index is 12.1. The lowest BCUT2D eigenvalue weighted by molar-refractivity contribution is 0.0543. The molecule has 0 fully saturated rings. The van der Waals surface area contributed by atoms with Crippen LogP contribution < -0.4 is 0 Å². The monoisotopic (exact) mass is 369 g/mol. The number of fused-ring (bicyclic) bond motifs is 1. The lowest BCUT2D eigenvalue weighted by Crippen LogP contribution is -2.26. The molecule has 0 radical (unpaired) electrons. The maximum Gasteiger partial charge on any atom is 0.420 e. The minimum Gasteiger partial charge on any atom is -0.443 e. The zero-order valence-electron chi connectivity index (χ0n) is 10.8. The van der Waals surface area contributed by atoms with Crippen molar-refractivity contribution in [3.63, 3.8) is 0 Å². The average Bonchev–Trinajstić information content (AvgIpc) is 2.65. The van der Waals surface area contributed by atoms with Gasteiger partial charge in [-0.25, -0.2) is 14.3 Å². The smallest absolute Gasteiger partial charge is 0.420 e. The molecule has 0 aliphatic rings. The number of aromatic nitrogens is 2. The highest BCUT2D eigenvalue weighted by Crippen LogP contribution is 2.25. The van der Waals surface area contributed by atoms with Crippen LogP contribution in [0.25, 0.3) is 11.0 Å². The molecule has 0 aliphatic carbocycles. The molecule has 0 aromatic carbocycles. The first-order valence-electron chi connectivity index (χ1n) is 5.62. The van der Waals surface area contributed by atoms with Crippen LogP contribution in [0.15, 0.2) is 18.5 Å². The van der Waals surface area contributed by atoms with Crippen LogP contribution >= 0.6 is 22.6 Å². The predicted molar refractivity (Wildman–Crippen MR) is 78.8 cm³/mol. The normalized spacial score (nSPS) is 11.3. The summed E-state index contributed by atoms with van der Waals surface area (Å²) in [5.74, 6) is 0. The van der Waals surface area contributed by atoms with E-state index in [1.54, 1.807) is 33.0 Å². The van der Waals surface area contributed by atoms with Gasteiger partial charge in [-0.3, -0.25) is 0 Å². The number of nitriles is 1. The number of hydrogen-bond donors (Lipinski definition) is 0. The Kier molecular flexibility index (Phi) is 3.49. The van der Waals surface area contributed by atoms with Gasteiger partial charge in [0.25, 0.3) is 0 Å². The van der Waals surface area contributed by atoms with Crippen LogP contribution in [0, 0.1) is 14.9 Å². The molecule has 0 spiro atoms. The summed E-state index contributed by atoms with van der Waals surface area (Å²) in [6, 6.07) is 3.73. The average molecular weight is 369 g/mol. The number of carbonyl (C=O) groups is 1. The molecule has 0 bridgehead atoms. The van der Waals surface area contributed by atoms with E-state index in [9.17, 15) is 4.79 Å². The summed E-state index contributed by atoms with van der Waals surface area (Å²) in [4.78, 5) is 16.3. The van der Waals surface area contributed by atoms with Gasteiger partial charge in [0.15, 0.2) is 5.65 Å². The van der Waals surface area contributed by atoms with Crippen molar-refractivity contribution >= 4 is 39.7 Å². The Morgan fingerprint density at radius 1 is 1.53 bits per heavy atom. The Bertz CT molecular complexity index is 692. The minimum atomic E-state index is -0.577. The van der Waals surface area contributed by atoms with E-state index in [1.165, 1.54) is 10.8 Å². The van der Waals surface area contributed by atoms with Crippen LogP contribution in [0.4, 0.5) is 4.79 Å². The molecule has 0 aliphatic heterocycles. The molecule has 2 rings (SSSR count). The zero-order chi connectivity index (χ0) is 14.2. The maximum absolute atomic E-state index is 12.1. The molecule has 5 nitrogen and oxygen atoms in total. The van der Waals surface area contributed by atoms with Crippen molar-refractivity contribution in [2.75, 3.05) is 0 Å². The van der Waals surface area contributed by atoms with Gasteiger partial charge in [-0.1, -0.05) is 0 Å². The summed E-state index contributed by atoms with van der Waals surface area (Å²) in [7, 11) is 0. The standard InChI is InChI=1S/C13H12IN3O2/c1-13(2,3)19-12(18)17-7-9(14)10-8(6-15)4-5-16-11(10)17/h4-5,7H,1-3H3. The molecular formula is C13H12IN3O2. The van der Waals surface area contributed by atoms with Crippen molar-refractivity contribution in [1.29, 1.82) is 5.26 Å². The molecular weight excluding hydrogens is 357 g/mol. The van der Waals surface area contributed by atoms with Crippen LogP contribution in [0.2, 0.25) is 0 Å². The van der Waals surface area contributed by atoms with E-state index >= 15 is 0 Å². The van der Waals surface area contributed by atoms with Crippen molar-refractivity contribution in [3.8, 4) is 6.07 Å². The van der Waals surface area contributed by atoms with E-state index in [4.69, 9.17) is 10.00 Å². The molecule has 6 heteroatoms. The summed E-state index contributed by atoms with van der Waals surface area (Å²) < 4.78 is 7.45. The molecule has 2 aromatic heterocycles. The molecule has 98 valence electrons. The SMILES string of the molecule is CC(C)(C)OC(=O)n1cc(I)c2c(C#N)ccnc21. The van der Waals surface area contributed by atoms with Crippen LogP contribution in [-0.4, -0.2) is 21.2 Å². The van der Waals surface area contributed by atoms with E-state index in [0.29, 0.717) is 16.6 Å². The van der Waals surface area contributed by atoms with Gasteiger partial charge in [0.05, 0.1) is 17.0 Å². The first-order chi connectivity index (χ1) is 8.83. The van der Waals surface area contributed by atoms with Gasteiger partial charge in [-0.05, 0) is 49.4 Å².